The minimum Gasteiger partial charge on any atom is -0.310 e. The van der Waals surface area contributed by atoms with Crippen LogP contribution in [0.25, 0.3) is 0 Å². The summed E-state index contributed by atoms with van der Waals surface area (Å²) in [6.45, 7) is 4.74. The van der Waals surface area contributed by atoms with Crippen LogP contribution in [0.2, 0.25) is 0 Å². The summed E-state index contributed by atoms with van der Waals surface area (Å²) in [6.07, 6.45) is 2.51. The van der Waals surface area contributed by atoms with Gasteiger partial charge >= 0.3 is 0 Å². The summed E-state index contributed by atoms with van der Waals surface area (Å²) in [6, 6.07) is 5.39. The van der Waals surface area contributed by atoms with E-state index in [-0.39, 0.29) is 11.9 Å². The maximum Gasteiger partial charge on any atom is 0.128 e. The average Bonchev–Trinajstić information content (AvgIpc) is 2.81. The van der Waals surface area contributed by atoms with Gasteiger partial charge in [-0.15, -0.1) is 11.3 Å². The summed E-state index contributed by atoms with van der Waals surface area (Å²) in [5.41, 5.74) is 1.67. The molecule has 2 nitrogen and oxygen atoms in total. The van der Waals surface area contributed by atoms with Crippen molar-refractivity contribution in [3.8, 4) is 0 Å². The molecule has 0 fully saturated rings. The Morgan fingerprint density at radius 2 is 2.28 bits per heavy atom. The molecular formula is C14H17FN2S. The molecule has 2 rings (SSSR count). The van der Waals surface area contributed by atoms with Crippen LogP contribution in [0.15, 0.2) is 29.8 Å². The number of likely N-dealkylation sites (N-methyl/N-ethyl adjacent to an activating group) is 1. The lowest BCUT2D eigenvalue weighted by Gasteiger charge is -2.18. The highest BCUT2D eigenvalue weighted by Gasteiger charge is 2.16. The highest BCUT2D eigenvalue weighted by atomic mass is 32.1. The molecule has 0 bridgehead atoms. The number of thiazole rings is 1. The van der Waals surface area contributed by atoms with Gasteiger partial charge in [0.1, 0.15) is 5.82 Å². The molecule has 0 aliphatic carbocycles. The fourth-order valence-corrected chi connectivity index (χ4v) is 2.65. The molecule has 96 valence electrons. The molecule has 0 amide bonds. The van der Waals surface area contributed by atoms with E-state index in [1.807, 2.05) is 31.4 Å². The Balaban J connectivity index is 2.23. The second-order valence-electron chi connectivity index (χ2n) is 4.27. The largest absolute Gasteiger partial charge is 0.310 e. The fourth-order valence-electron chi connectivity index (χ4n) is 1.98. The summed E-state index contributed by atoms with van der Waals surface area (Å²) in [4.78, 5) is 4.27. The number of hydrogen-bond donors (Lipinski definition) is 1. The smallest absolute Gasteiger partial charge is 0.128 e. The first-order chi connectivity index (χ1) is 8.70. The first-order valence-electron chi connectivity index (χ1n) is 6.08. The van der Waals surface area contributed by atoms with E-state index < -0.39 is 0 Å². The minimum atomic E-state index is -0.141. The monoisotopic (exact) mass is 264 g/mol. The topological polar surface area (TPSA) is 24.9 Å². The zero-order chi connectivity index (χ0) is 13.0. The Bertz CT molecular complexity index is 497. The molecule has 0 radical (unpaired) electrons. The molecule has 2 aromatic rings. The Hall–Kier alpha value is -1.26. The third-order valence-electron chi connectivity index (χ3n) is 2.84. The van der Waals surface area contributed by atoms with E-state index in [0.29, 0.717) is 0 Å². The van der Waals surface area contributed by atoms with E-state index in [4.69, 9.17) is 0 Å². The van der Waals surface area contributed by atoms with E-state index in [1.54, 1.807) is 23.6 Å². The van der Waals surface area contributed by atoms with Crippen LogP contribution in [0.1, 0.15) is 29.1 Å². The Morgan fingerprint density at radius 1 is 1.44 bits per heavy atom. The number of aryl methyl sites for hydroxylation is 1. The van der Waals surface area contributed by atoms with Crippen LogP contribution in [0, 0.1) is 12.7 Å². The summed E-state index contributed by atoms with van der Waals surface area (Å²) in [5.74, 6) is -0.141. The molecule has 0 saturated carbocycles. The van der Waals surface area contributed by atoms with Crippen molar-refractivity contribution in [2.75, 3.05) is 6.54 Å². The van der Waals surface area contributed by atoms with Crippen LogP contribution >= 0.6 is 11.3 Å². The highest BCUT2D eigenvalue weighted by molar-refractivity contribution is 7.09. The lowest BCUT2D eigenvalue weighted by atomic mass is 10.0. The second-order valence-corrected chi connectivity index (χ2v) is 5.24. The van der Waals surface area contributed by atoms with Crippen molar-refractivity contribution < 1.29 is 4.39 Å². The molecule has 1 aromatic heterocycles. The van der Waals surface area contributed by atoms with Crippen LogP contribution in [-0.2, 0) is 6.42 Å². The van der Waals surface area contributed by atoms with Crippen LogP contribution in [-0.4, -0.2) is 11.5 Å². The van der Waals surface area contributed by atoms with E-state index >= 15 is 0 Å². The number of halogens is 1. The lowest BCUT2D eigenvalue weighted by Crippen LogP contribution is -2.24. The molecule has 0 aliphatic heterocycles. The van der Waals surface area contributed by atoms with Gasteiger partial charge in [0, 0.05) is 29.6 Å². The van der Waals surface area contributed by atoms with E-state index in [2.05, 4.69) is 10.3 Å². The van der Waals surface area contributed by atoms with Crippen LogP contribution < -0.4 is 5.32 Å². The molecule has 1 heterocycles. The third-order valence-corrected chi connectivity index (χ3v) is 3.65. The normalized spacial score (nSPS) is 12.6. The van der Waals surface area contributed by atoms with Gasteiger partial charge in [-0.25, -0.2) is 9.37 Å². The molecule has 1 unspecified atom stereocenters. The van der Waals surface area contributed by atoms with Crippen molar-refractivity contribution in [1.82, 2.24) is 10.3 Å². The van der Waals surface area contributed by atoms with Crippen LogP contribution in [0.3, 0.4) is 0 Å². The predicted molar refractivity (Wildman–Crippen MR) is 73.4 cm³/mol. The Kier molecular flexibility index (Phi) is 4.44. The number of benzene rings is 1. The van der Waals surface area contributed by atoms with Crippen molar-refractivity contribution in [2.24, 2.45) is 0 Å². The first kappa shape index (κ1) is 13.2. The number of nitrogens with one attached hydrogen (secondary N) is 1. The van der Waals surface area contributed by atoms with E-state index in [1.165, 1.54) is 0 Å². The molecule has 0 aliphatic rings. The van der Waals surface area contributed by atoms with Crippen molar-refractivity contribution in [1.29, 1.82) is 0 Å². The van der Waals surface area contributed by atoms with Crippen molar-refractivity contribution in [2.45, 2.75) is 26.3 Å². The molecule has 0 saturated heterocycles. The molecule has 18 heavy (non-hydrogen) atoms. The van der Waals surface area contributed by atoms with Crippen LogP contribution in [0.4, 0.5) is 4.39 Å². The highest BCUT2D eigenvalue weighted by Crippen LogP contribution is 2.23. The summed E-state index contributed by atoms with van der Waals surface area (Å²) in [5, 5.41) is 6.30. The van der Waals surface area contributed by atoms with Crippen molar-refractivity contribution in [3.05, 3.63) is 51.7 Å². The lowest BCUT2D eigenvalue weighted by molar-refractivity contribution is 0.509. The van der Waals surface area contributed by atoms with Gasteiger partial charge in [0.05, 0.1) is 5.01 Å². The zero-order valence-electron chi connectivity index (χ0n) is 10.6. The summed E-state index contributed by atoms with van der Waals surface area (Å²) in [7, 11) is 0. The van der Waals surface area contributed by atoms with Gasteiger partial charge in [-0.1, -0.05) is 19.1 Å². The van der Waals surface area contributed by atoms with Crippen LogP contribution in [0.5, 0.6) is 0 Å². The van der Waals surface area contributed by atoms with Crippen molar-refractivity contribution >= 4 is 11.3 Å². The standard InChI is InChI=1S/C14H17FN2S/c1-3-16-13(9-14-17-6-7-18-14)11-5-4-10(2)8-12(11)15/h4-8,13,16H,3,9H2,1-2H3. The predicted octanol–water partition coefficient (Wildman–Crippen LogP) is 3.48. The number of aromatic nitrogens is 1. The SMILES string of the molecule is CCNC(Cc1nccs1)c1ccc(C)cc1F. The third kappa shape index (κ3) is 3.15. The number of hydrogen-bond acceptors (Lipinski definition) is 3. The van der Waals surface area contributed by atoms with E-state index in [9.17, 15) is 4.39 Å². The molecular weight excluding hydrogens is 247 g/mol. The van der Waals surface area contributed by atoms with Gasteiger partial charge in [0.25, 0.3) is 0 Å². The Morgan fingerprint density at radius 3 is 2.89 bits per heavy atom. The molecule has 1 aromatic carbocycles. The van der Waals surface area contributed by atoms with Crippen molar-refractivity contribution in [3.63, 3.8) is 0 Å². The molecule has 0 spiro atoms. The molecule has 1 atom stereocenters. The minimum absolute atomic E-state index is 0.0123. The quantitative estimate of drug-likeness (QED) is 0.894. The van der Waals surface area contributed by atoms with Gasteiger partial charge in [0.15, 0.2) is 0 Å². The average molecular weight is 264 g/mol. The zero-order valence-corrected chi connectivity index (χ0v) is 11.4. The van der Waals surface area contributed by atoms with Gasteiger partial charge in [0.2, 0.25) is 0 Å². The summed E-state index contributed by atoms with van der Waals surface area (Å²) >= 11 is 1.61. The summed E-state index contributed by atoms with van der Waals surface area (Å²) < 4.78 is 14.0. The number of rotatable bonds is 5. The van der Waals surface area contributed by atoms with Gasteiger partial charge in [-0.2, -0.15) is 0 Å². The second kappa shape index (κ2) is 6.07. The Labute approximate surface area is 111 Å². The van der Waals surface area contributed by atoms with Gasteiger partial charge < -0.3 is 5.32 Å². The maximum atomic E-state index is 14.0. The molecule has 1 N–H and O–H groups in total. The van der Waals surface area contributed by atoms with Gasteiger partial charge in [-0.3, -0.25) is 0 Å². The number of nitrogens with zero attached hydrogens (tertiary/aromatic N) is 1. The van der Waals surface area contributed by atoms with Gasteiger partial charge in [-0.05, 0) is 25.1 Å². The van der Waals surface area contributed by atoms with E-state index in [0.717, 1.165) is 29.1 Å². The maximum absolute atomic E-state index is 14.0. The fraction of sp³-hybridized carbons (Fsp3) is 0.357. The first-order valence-corrected chi connectivity index (χ1v) is 6.96. The molecule has 4 heteroatoms.